The second kappa shape index (κ2) is 13.0. The van der Waals surface area contributed by atoms with Gasteiger partial charge in [0.25, 0.3) is 0 Å². The van der Waals surface area contributed by atoms with Gasteiger partial charge in [0, 0.05) is 45.1 Å². The van der Waals surface area contributed by atoms with E-state index < -0.39 is 0 Å². The van der Waals surface area contributed by atoms with Crippen molar-refractivity contribution in [3.8, 4) is 57.0 Å². The van der Waals surface area contributed by atoms with Crippen LogP contribution >= 0.6 is 0 Å². The Morgan fingerprint density at radius 2 is 0.827 bits per heavy atom. The maximum Gasteiger partial charge on any atom is 0.203 e. The second-order valence-corrected chi connectivity index (χ2v) is 12.3. The van der Waals surface area contributed by atoms with Gasteiger partial charge >= 0.3 is 0 Å². The molecule has 262 valence electrons. The molecule has 4 heterocycles. The van der Waals surface area contributed by atoms with E-state index >= 15 is 0 Å². The van der Waals surface area contributed by atoms with Crippen LogP contribution in [0.2, 0.25) is 0 Å². The largest absolute Gasteiger partial charge is 0.493 e. The molecule has 52 heavy (non-hydrogen) atoms. The van der Waals surface area contributed by atoms with E-state index in [-0.39, 0.29) is 6.17 Å². The molecule has 0 amide bonds. The first-order chi connectivity index (χ1) is 25.5. The Hall–Kier alpha value is -6.42. The minimum absolute atomic E-state index is 0.264. The van der Waals surface area contributed by atoms with Gasteiger partial charge in [0.05, 0.1) is 76.1 Å². The molecule has 0 bridgehead atoms. The Kier molecular flexibility index (Phi) is 8.22. The highest BCUT2D eigenvalue weighted by molar-refractivity contribution is 6.14. The first-order valence-corrected chi connectivity index (χ1v) is 16.8. The number of para-hydroxylation sites is 2. The van der Waals surface area contributed by atoms with Gasteiger partial charge in [-0.1, -0.05) is 36.4 Å². The van der Waals surface area contributed by atoms with Crippen molar-refractivity contribution in [2.45, 2.75) is 13.1 Å². The van der Waals surface area contributed by atoms with Gasteiger partial charge in [-0.05, 0) is 55.5 Å². The molecule has 0 saturated heterocycles. The molecule has 4 aromatic heterocycles. The van der Waals surface area contributed by atoms with Crippen molar-refractivity contribution in [1.82, 2.24) is 19.1 Å². The number of fused-ring (bicyclic) bond motifs is 6. The quantitative estimate of drug-likeness (QED) is 0.140. The number of methoxy groups -OCH3 is 6. The summed E-state index contributed by atoms with van der Waals surface area (Å²) in [6.45, 7) is 2.22. The van der Waals surface area contributed by atoms with Crippen LogP contribution in [-0.4, -0.2) is 61.8 Å². The number of rotatable bonds is 10. The number of hydrogen-bond acceptors (Lipinski definition) is 8. The summed E-state index contributed by atoms with van der Waals surface area (Å²) in [4.78, 5) is 10.0. The Morgan fingerprint density at radius 3 is 1.17 bits per heavy atom. The molecule has 0 atom stereocenters. The Balaban J connectivity index is 1.47. The highest BCUT2D eigenvalue weighted by Crippen LogP contribution is 2.47. The Bertz CT molecular complexity index is 2410. The van der Waals surface area contributed by atoms with E-state index in [9.17, 15) is 0 Å². The average molecular weight is 695 g/mol. The van der Waals surface area contributed by atoms with Gasteiger partial charge in [-0.25, -0.2) is 0 Å². The average Bonchev–Trinajstić information content (AvgIpc) is 3.72. The fourth-order valence-corrected chi connectivity index (χ4v) is 7.64. The fourth-order valence-electron chi connectivity index (χ4n) is 7.64. The maximum atomic E-state index is 5.77. The molecule has 4 aromatic carbocycles. The first-order valence-electron chi connectivity index (χ1n) is 16.8. The molecule has 10 nitrogen and oxygen atoms in total. The summed E-state index contributed by atoms with van der Waals surface area (Å²) in [6.07, 6.45) is 3.45. The van der Waals surface area contributed by atoms with Crippen LogP contribution in [0, 0.1) is 0 Å². The van der Waals surface area contributed by atoms with Crippen molar-refractivity contribution >= 4 is 43.6 Å². The van der Waals surface area contributed by atoms with Crippen LogP contribution in [0.1, 0.15) is 13.1 Å². The topological polar surface area (TPSA) is 91.0 Å². The van der Waals surface area contributed by atoms with E-state index in [0.717, 1.165) is 66.1 Å². The zero-order chi connectivity index (χ0) is 36.1. The molecule has 0 N–H and O–H groups in total. The van der Waals surface area contributed by atoms with Crippen LogP contribution in [0.4, 0.5) is 0 Å². The lowest BCUT2D eigenvalue weighted by Gasteiger charge is -2.23. The van der Waals surface area contributed by atoms with Gasteiger partial charge in [0.15, 0.2) is 23.0 Å². The van der Waals surface area contributed by atoms with Crippen LogP contribution in [-0.2, 0) is 0 Å². The summed E-state index contributed by atoms with van der Waals surface area (Å²) in [7, 11) is 9.69. The van der Waals surface area contributed by atoms with E-state index in [1.54, 1.807) is 42.7 Å². The minimum atomic E-state index is -0.264. The number of nitrogens with zero attached hydrogens (tertiary/aromatic N) is 4. The molecule has 0 fully saturated rings. The van der Waals surface area contributed by atoms with Crippen molar-refractivity contribution in [3.05, 3.63) is 97.3 Å². The van der Waals surface area contributed by atoms with Crippen LogP contribution < -0.4 is 28.4 Å². The first kappa shape index (κ1) is 32.8. The molecular formula is C42H38N4O6. The standard InChI is InChI=1S/C42H38N4O6/c1-24(45-31-14-10-8-12-27(31)29-16-18-43-37(39(29)45)25-20-33(47-2)41(51-6)34(21-25)48-3)46-32-15-11-9-13-28(32)30-17-19-44-38(40(30)46)26-22-35(49-4)42(52-7)36(23-26)50-5/h8-24H,1-7H3. The third-order valence-electron chi connectivity index (χ3n) is 9.86. The van der Waals surface area contributed by atoms with E-state index in [0.29, 0.717) is 34.5 Å². The Labute approximate surface area is 300 Å². The molecule has 10 heteroatoms. The zero-order valence-electron chi connectivity index (χ0n) is 30.1. The van der Waals surface area contributed by atoms with Crippen molar-refractivity contribution in [1.29, 1.82) is 0 Å². The predicted molar refractivity (Wildman–Crippen MR) is 205 cm³/mol. The Morgan fingerprint density at radius 1 is 0.462 bits per heavy atom. The molecule has 0 unspecified atom stereocenters. The number of benzene rings is 4. The van der Waals surface area contributed by atoms with Gasteiger partial charge in [0.2, 0.25) is 11.5 Å². The van der Waals surface area contributed by atoms with Crippen LogP contribution in [0.5, 0.6) is 34.5 Å². The molecule has 0 saturated carbocycles. The molecule has 8 rings (SSSR count). The van der Waals surface area contributed by atoms with Gasteiger partial charge in [-0.3, -0.25) is 9.97 Å². The molecule has 0 spiro atoms. The van der Waals surface area contributed by atoms with Crippen molar-refractivity contribution in [2.75, 3.05) is 42.7 Å². The normalized spacial score (nSPS) is 11.5. The number of hydrogen-bond donors (Lipinski definition) is 0. The van der Waals surface area contributed by atoms with Gasteiger partial charge in [-0.15, -0.1) is 0 Å². The highest BCUT2D eigenvalue weighted by atomic mass is 16.5. The van der Waals surface area contributed by atoms with Gasteiger partial charge < -0.3 is 37.6 Å². The molecule has 8 aromatic rings. The van der Waals surface area contributed by atoms with Crippen LogP contribution in [0.15, 0.2) is 97.3 Å². The summed E-state index contributed by atoms with van der Waals surface area (Å²) >= 11 is 0. The number of aromatic nitrogens is 4. The maximum absolute atomic E-state index is 5.77. The third kappa shape index (κ3) is 4.85. The van der Waals surface area contributed by atoms with E-state index in [2.05, 4.69) is 76.7 Å². The molecule has 0 aliphatic rings. The van der Waals surface area contributed by atoms with Crippen molar-refractivity contribution < 1.29 is 28.4 Å². The summed E-state index contributed by atoms with van der Waals surface area (Å²) < 4.78 is 39.1. The molecule has 0 radical (unpaired) electrons. The lowest BCUT2D eigenvalue weighted by atomic mass is 10.1. The van der Waals surface area contributed by atoms with E-state index in [1.807, 2.05) is 36.7 Å². The minimum Gasteiger partial charge on any atom is -0.493 e. The third-order valence-corrected chi connectivity index (χ3v) is 9.86. The summed E-state index contributed by atoms with van der Waals surface area (Å²) in [5.41, 5.74) is 7.29. The van der Waals surface area contributed by atoms with Gasteiger partial charge in [-0.2, -0.15) is 0 Å². The SMILES string of the molecule is COc1cc(-c2nccc3c4ccccc4n(C(C)n4c5ccccc5c5ccnc(-c6cc(OC)c(OC)c(OC)c6)c54)c23)cc(OC)c1OC. The lowest BCUT2D eigenvalue weighted by molar-refractivity contribution is 0.324. The predicted octanol–water partition coefficient (Wildman–Crippen LogP) is 9.14. The molecule has 0 aliphatic carbocycles. The monoisotopic (exact) mass is 694 g/mol. The highest BCUT2D eigenvalue weighted by Gasteiger charge is 2.27. The van der Waals surface area contributed by atoms with Crippen molar-refractivity contribution in [2.24, 2.45) is 0 Å². The molecular weight excluding hydrogens is 656 g/mol. The summed E-state index contributed by atoms with van der Waals surface area (Å²) in [5.74, 6) is 3.24. The van der Waals surface area contributed by atoms with Crippen LogP contribution in [0.3, 0.4) is 0 Å². The zero-order valence-corrected chi connectivity index (χ0v) is 30.1. The number of ether oxygens (including phenoxy) is 6. The van der Waals surface area contributed by atoms with E-state index in [1.165, 1.54) is 0 Å². The fraction of sp³-hybridized carbons (Fsp3) is 0.190. The summed E-state index contributed by atoms with van der Waals surface area (Å²) in [6, 6.07) is 28.9. The van der Waals surface area contributed by atoms with Crippen molar-refractivity contribution in [3.63, 3.8) is 0 Å². The van der Waals surface area contributed by atoms with Crippen LogP contribution in [0.25, 0.3) is 66.1 Å². The summed E-state index contributed by atoms with van der Waals surface area (Å²) in [5, 5.41) is 4.38. The molecule has 0 aliphatic heterocycles. The van der Waals surface area contributed by atoms with E-state index in [4.69, 9.17) is 38.4 Å². The number of pyridine rings is 2. The second-order valence-electron chi connectivity index (χ2n) is 12.3. The van der Waals surface area contributed by atoms with Gasteiger partial charge in [0.1, 0.15) is 6.17 Å². The lowest BCUT2D eigenvalue weighted by Crippen LogP contribution is -2.15. The smallest absolute Gasteiger partial charge is 0.203 e.